The summed E-state index contributed by atoms with van der Waals surface area (Å²) >= 11 is 0. The summed E-state index contributed by atoms with van der Waals surface area (Å²) in [7, 11) is -1.35. The number of benzene rings is 5. The zero-order valence-corrected chi connectivity index (χ0v) is 36.8. The van der Waals surface area contributed by atoms with Crippen LogP contribution in [0.4, 0.5) is 0 Å². The molecule has 4 aromatic heterocycles. The molecule has 1 saturated carbocycles. The zero-order valence-electron chi connectivity index (χ0n) is 33.4. The van der Waals surface area contributed by atoms with E-state index in [4.69, 9.17) is 14.4 Å². The molecule has 0 bridgehead atoms. The molecule has 0 saturated heterocycles. The Balaban J connectivity index is 0.000000177. The molecule has 4 heterocycles. The van der Waals surface area contributed by atoms with Crippen LogP contribution in [-0.4, -0.2) is 27.6 Å². The third-order valence-electron chi connectivity index (χ3n) is 11.2. The normalized spacial score (nSPS) is 13.1. The fourth-order valence-corrected chi connectivity index (χ4v) is 10.0. The minimum Gasteiger partial charge on any atom is -0.486 e. The van der Waals surface area contributed by atoms with Gasteiger partial charge >= 0.3 is 0 Å². The van der Waals surface area contributed by atoms with E-state index in [-0.39, 0.29) is 20.1 Å². The fourth-order valence-electron chi connectivity index (χ4n) is 8.42. The quantitative estimate of drug-likeness (QED) is 0.118. The van der Waals surface area contributed by atoms with Gasteiger partial charge in [-0.1, -0.05) is 129 Å². The van der Waals surface area contributed by atoms with Gasteiger partial charge in [-0.2, -0.15) is 0 Å². The van der Waals surface area contributed by atoms with Gasteiger partial charge in [-0.15, -0.1) is 54.1 Å². The van der Waals surface area contributed by atoms with Crippen molar-refractivity contribution in [1.29, 1.82) is 0 Å². The second-order valence-corrected chi connectivity index (χ2v) is 21.3. The van der Waals surface area contributed by atoms with Crippen LogP contribution < -0.4 is 5.19 Å². The number of imidazole rings is 1. The summed E-state index contributed by atoms with van der Waals surface area (Å²) < 4.78 is 8.54. The molecule has 7 heteroatoms. The van der Waals surface area contributed by atoms with Crippen LogP contribution in [0.1, 0.15) is 36.9 Å². The predicted molar refractivity (Wildman–Crippen MR) is 238 cm³/mol. The first-order valence-corrected chi connectivity index (χ1v) is 23.6. The average Bonchev–Trinajstić information content (AvgIpc) is 3.99. The van der Waals surface area contributed by atoms with Crippen molar-refractivity contribution in [1.82, 2.24) is 19.5 Å². The SMILES string of the molecule is C[Si](C)(C)c1cnc(-c2[c-]cccc2)cc1CC1CCCC1.Cc1ccc2c(n1)oc1c(-c3nc4ccccc4n3-c3ccccc3-c3ccccc3)[c-]ccc12.[Ir]. The Kier molecular flexibility index (Phi) is 11.4. The van der Waals surface area contributed by atoms with E-state index < -0.39 is 8.07 Å². The standard InChI is InChI=1S/C31H20N3O.C20H26NSi.Ir/c1-20-18-19-24-23-13-9-14-25(29(23)35-31(24)32-20)30-33-26-15-6-8-17-28(26)34(30)27-16-7-5-12-22(27)21-10-3-2-4-11-21;1-22(2,3)20-15-21-19(17-11-5-4-6-12-17)14-18(20)13-16-9-7-8-10-16;/h2-13,15-19H,1H3;4-6,11,14-16H,7-10,13H2,1-3H3;/q2*-1;. The van der Waals surface area contributed by atoms with Gasteiger partial charge in [0.25, 0.3) is 0 Å². The third kappa shape index (κ3) is 7.87. The van der Waals surface area contributed by atoms with Crippen LogP contribution in [0.2, 0.25) is 19.6 Å². The maximum Gasteiger partial charge on any atom is 0.216 e. The van der Waals surface area contributed by atoms with Gasteiger partial charge in [-0.05, 0) is 66.0 Å². The van der Waals surface area contributed by atoms with Crippen LogP contribution >= 0.6 is 0 Å². The van der Waals surface area contributed by atoms with Crippen LogP contribution in [0, 0.1) is 25.0 Å². The molecule has 0 amide bonds. The number of hydrogen-bond donors (Lipinski definition) is 0. The number of aromatic nitrogens is 4. The Morgan fingerprint density at radius 3 is 2.31 bits per heavy atom. The molecule has 1 fully saturated rings. The predicted octanol–water partition coefficient (Wildman–Crippen LogP) is 12.6. The van der Waals surface area contributed by atoms with Gasteiger partial charge in [0.1, 0.15) is 0 Å². The number of pyridine rings is 2. The first-order chi connectivity index (χ1) is 27.8. The summed E-state index contributed by atoms with van der Waals surface area (Å²) in [5, 5.41) is 3.54. The van der Waals surface area contributed by atoms with E-state index in [0.717, 1.165) is 78.5 Å². The molecule has 58 heavy (non-hydrogen) atoms. The molecule has 5 nitrogen and oxygen atoms in total. The van der Waals surface area contributed by atoms with E-state index >= 15 is 0 Å². The first kappa shape index (κ1) is 39.4. The molecule has 1 aliphatic rings. The number of aryl methyl sites for hydroxylation is 1. The molecular weight excluding hydrogens is 905 g/mol. The topological polar surface area (TPSA) is 56.7 Å². The Labute approximate surface area is 355 Å². The molecule has 0 aliphatic heterocycles. The number of fused-ring (bicyclic) bond motifs is 4. The molecule has 0 atom stereocenters. The van der Waals surface area contributed by atoms with Crippen molar-refractivity contribution in [2.45, 2.75) is 58.7 Å². The minimum atomic E-state index is -1.35. The van der Waals surface area contributed by atoms with Crippen LogP contribution in [0.15, 0.2) is 144 Å². The zero-order chi connectivity index (χ0) is 38.9. The number of rotatable bonds is 7. The Bertz CT molecular complexity index is 2840. The summed E-state index contributed by atoms with van der Waals surface area (Å²) in [6.07, 6.45) is 9.03. The van der Waals surface area contributed by atoms with Crippen molar-refractivity contribution < 1.29 is 24.5 Å². The van der Waals surface area contributed by atoms with Gasteiger partial charge in [0.05, 0.1) is 30.5 Å². The van der Waals surface area contributed by atoms with E-state index in [0.29, 0.717) is 5.71 Å². The van der Waals surface area contributed by atoms with Crippen LogP contribution in [0.5, 0.6) is 0 Å². The Morgan fingerprint density at radius 1 is 0.759 bits per heavy atom. The van der Waals surface area contributed by atoms with Crippen LogP contribution in [0.25, 0.3) is 72.6 Å². The summed E-state index contributed by atoms with van der Waals surface area (Å²) in [4.78, 5) is 14.5. The number of hydrogen-bond acceptors (Lipinski definition) is 4. The molecule has 9 aromatic rings. The summed E-state index contributed by atoms with van der Waals surface area (Å²) in [5.74, 6) is 1.67. The summed E-state index contributed by atoms with van der Waals surface area (Å²) in [5.41, 5.74) is 12.1. The second-order valence-electron chi connectivity index (χ2n) is 16.3. The monoisotopic (exact) mass is 951 g/mol. The van der Waals surface area contributed by atoms with Crippen molar-refractivity contribution in [3.05, 3.63) is 163 Å². The summed E-state index contributed by atoms with van der Waals surface area (Å²) in [6, 6.07) is 52.4. The average molecular weight is 951 g/mol. The minimum absolute atomic E-state index is 0. The third-order valence-corrected chi connectivity index (χ3v) is 13.3. The molecule has 0 spiro atoms. The van der Waals surface area contributed by atoms with Gasteiger partial charge in [-0.25, -0.2) is 4.98 Å². The van der Waals surface area contributed by atoms with E-state index in [1.807, 2.05) is 61.5 Å². The van der Waals surface area contributed by atoms with Crippen molar-refractivity contribution in [3.8, 4) is 39.5 Å². The molecular formula is C51H46IrN4OSi-2. The fraction of sp³-hybridized carbons (Fsp3) is 0.196. The smallest absolute Gasteiger partial charge is 0.216 e. The van der Waals surface area contributed by atoms with Crippen molar-refractivity contribution in [2.75, 3.05) is 0 Å². The first-order valence-electron chi connectivity index (χ1n) is 20.1. The molecule has 1 radical (unpaired) electrons. The molecule has 0 N–H and O–H groups in total. The van der Waals surface area contributed by atoms with Gasteiger partial charge < -0.3 is 14.0 Å². The number of para-hydroxylation sites is 3. The summed E-state index contributed by atoms with van der Waals surface area (Å²) in [6.45, 7) is 9.25. The van der Waals surface area contributed by atoms with Gasteiger partial charge in [0.15, 0.2) is 0 Å². The Morgan fingerprint density at radius 2 is 1.52 bits per heavy atom. The van der Waals surface area contributed by atoms with E-state index in [9.17, 15) is 0 Å². The maximum absolute atomic E-state index is 6.32. The largest absolute Gasteiger partial charge is 0.486 e. The second kappa shape index (κ2) is 16.8. The van der Waals surface area contributed by atoms with Crippen molar-refractivity contribution >= 4 is 46.4 Å². The van der Waals surface area contributed by atoms with Crippen LogP contribution in [0.3, 0.4) is 0 Å². The van der Waals surface area contributed by atoms with E-state index in [1.54, 1.807) is 10.8 Å². The van der Waals surface area contributed by atoms with Gasteiger partial charge in [-0.3, -0.25) is 4.98 Å². The van der Waals surface area contributed by atoms with Crippen molar-refractivity contribution in [2.24, 2.45) is 5.92 Å². The van der Waals surface area contributed by atoms with Crippen LogP contribution in [-0.2, 0) is 26.5 Å². The molecule has 0 unspecified atom stereocenters. The maximum atomic E-state index is 6.32. The molecule has 291 valence electrons. The Hall–Kier alpha value is -5.46. The molecule has 5 aromatic carbocycles. The molecule has 1 aliphatic carbocycles. The number of furan rings is 1. The van der Waals surface area contributed by atoms with Crippen molar-refractivity contribution in [3.63, 3.8) is 0 Å². The molecule has 10 rings (SSSR count). The van der Waals surface area contributed by atoms with E-state index in [1.165, 1.54) is 32.1 Å². The number of nitrogens with zero attached hydrogens (tertiary/aromatic N) is 4. The van der Waals surface area contributed by atoms with E-state index in [2.05, 4.69) is 126 Å². The van der Waals surface area contributed by atoms with Gasteiger partial charge in [0, 0.05) is 48.6 Å². The van der Waals surface area contributed by atoms with Gasteiger partial charge in [0.2, 0.25) is 5.71 Å².